The minimum atomic E-state index is -1.50. The summed E-state index contributed by atoms with van der Waals surface area (Å²) in [5.74, 6) is -4.32. The molecule has 2 aromatic carbocycles. The van der Waals surface area contributed by atoms with Gasteiger partial charge in [0.25, 0.3) is 11.8 Å². The number of allylic oxidation sites excluding steroid dienone is 2. The maximum atomic E-state index is 14.5. The van der Waals surface area contributed by atoms with Crippen LogP contribution in [-0.2, 0) is 44.8 Å². The van der Waals surface area contributed by atoms with Crippen LogP contribution in [-0.4, -0.2) is 74.4 Å². The molecule has 2 amide bonds. The lowest BCUT2D eigenvalue weighted by molar-refractivity contribution is -0.385. The number of fused-ring (bicyclic) bond motifs is 1. The normalized spacial score (nSPS) is 22.8. The number of benzene rings is 2. The third-order valence-corrected chi connectivity index (χ3v) is 12.8. The quantitative estimate of drug-likeness (QED) is 0.0304. The molecule has 5 atom stereocenters. The number of aliphatic hydroxyl groups excluding tert-OH is 1. The first-order valence-corrected chi connectivity index (χ1v) is 22.6. The Morgan fingerprint density at radius 1 is 1.08 bits per heavy atom. The number of unbranched alkanes of at least 4 members (excludes halogenated alkanes) is 2. The number of aliphatic hydroxyl groups is 1. The number of aryl methyl sites for hydroxylation is 1. The molecule has 0 aliphatic carbocycles. The molecule has 1 aromatic heterocycles. The predicted octanol–water partition coefficient (Wildman–Crippen LogP) is 8.91. The molecule has 2 aliphatic heterocycles. The number of carbonyl (C=O) groups excluding carboxylic acids is 6. The van der Waals surface area contributed by atoms with Gasteiger partial charge in [-0.15, -0.1) is 17.9 Å². The second-order valence-electron chi connectivity index (χ2n) is 17.2. The summed E-state index contributed by atoms with van der Waals surface area (Å²) in [6, 6.07) is 9.51. The van der Waals surface area contributed by atoms with E-state index < -0.39 is 77.2 Å². The number of Topliss-reactive ketones (excluding diaryl/α,β-unsaturated/α-hetero) is 1. The Balaban J connectivity index is 1.25. The predicted molar refractivity (Wildman–Crippen MR) is 240 cm³/mol. The number of cyclic esters (lactones) is 1. The van der Waals surface area contributed by atoms with Crippen LogP contribution in [0.15, 0.2) is 72.9 Å². The highest BCUT2D eigenvalue weighted by Gasteiger charge is 2.45. The summed E-state index contributed by atoms with van der Waals surface area (Å²) in [4.78, 5) is 94.3. The summed E-state index contributed by atoms with van der Waals surface area (Å²) in [7, 11) is 0. The highest BCUT2D eigenvalue weighted by atomic mass is 32.1. The van der Waals surface area contributed by atoms with Crippen molar-refractivity contribution in [3.05, 3.63) is 99.1 Å². The van der Waals surface area contributed by atoms with Crippen LogP contribution in [0.25, 0.3) is 10.2 Å². The fraction of sp³-hybridized carbons (Fsp3) is 0.479. The second kappa shape index (κ2) is 22.7. The number of rotatable bonds is 14. The number of nitro groups is 1. The minimum Gasteiger partial charge on any atom is -0.457 e. The molecule has 65 heavy (non-hydrogen) atoms. The Bertz CT molecular complexity index is 2330. The first kappa shape index (κ1) is 49.9. The molecule has 348 valence electrons. The van der Waals surface area contributed by atoms with E-state index in [9.17, 15) is 44.0 Å². The van der Waals surface area contributed by atoms with E-state index in [0.717, 1.165) is 37.3 Å². The Hall–Kier alpha value is -6.07. The van der Waals surface area contributed by atoms with Crippen molar-refractivity contribution in [1.82, 2.24) is 9.88 Å². The highest BCUT2D eigenvalue weighted by Crippen LogP contribution is 2.37. The molecule has 3 heterocycles. The largest absolute Gasteiger partial charge is 0.508 e. The van der Waals surface area contributed by atoms with E-state index in [2.05, 4.69) is 11.6 Å². The number of aromatic nitrogens is 1. The molecule has 2 aliphatic rings. The van der Waals surface area contributed by atoms with Crippen LogP contribution in [0.4, 0.5) is 10.5 Å². The molecule has 5 rings (SSSR count). The molecule has 0 bridgehead atoms. The topological polar surface area (TPSA) is 219 Å². The molecular weight excluding hydrogens is 859 g/mol. The lowest BCUT2D eigenvalue weighted by Gasteiger charge is -2.37. The third kappa shape index (κ3) is 13.5. The van der Waals surface area contributed by atoms with Crippen LogP contribution in [0.3, 0.4) is 0 Å². The number of carbonyl (C=O) groups is 6. The molecule has 3 aromatic rings. The summed E-state index contributed by atoms with van der Waals surface area (Å²) in [5, 5.41) is 24.4. The molecule has 0 fully saturated rings. The number of nitro benzene ring substituents is 1. The van der Waals surface area contributed by atoms with Crippen LogP contribution in [0.1, 0.15) is 114 Å². The Morgan fingerprint density at radius 3 is 2.52 bits per heavy atom. The zero-order valence-electron chi connectivity index (χ0n) is 37.4. The monoisotopic (exact) mass is 915 g/mol. The SMILES string of the molecule is C=CC[C@H]1C(=O)C(C)(C)[C@@H](O)CC(=O)O[C@H](c2ccc3sc(C)nc3c2)C/C=C(/C)CCC[C@H](C)[C@@H]1OC(=O)OCc1ccc(OC(=O)CCCCCN2C(=O)C=CC2=O)c([N+](=O)[O-])c1. The van der Waals surface area contributed by atoms with Crippen molar-refractivity contribution in [2.45, 2.75) is 124 Å². The van der Waals surface area contributed by atoms with Gasteiger partial charge in [0.15, 0.2) is 0 Å². The number of thiazole rings is 1. The van der Waals surface area contributed by atoms with Crippen molar-refractivity contribution in [3.63, 3.8) is 0 Å². The van der Waals surface area contributed by atoms with Gasteiger partial charge in [0.1, 0.15) is 24.6 Å². The van der Waals surface area contributed by atoms with Crippen LogP contribution >= 0.6 is 11.3 Å². The van der Waals surface area contributed by atoms with Gasteiger partial charge >= 0.3 is 23.8 Å². The Morgan fingerprint density at radius 2 is 1.82 bits per heavy atom. The average molecular weight is 916 g/mol. The number of ketones is 1. The summed E-state index contributed by atoms with van der Waals surface area (Å²) in [6.07, 6.45) is 4.76. The zero-order valence-corrected chi connectivity index (χ0v) is 38.3. The highest BCUT2D eigenvalue weighted by molar-refractivity contribution is 7.18. The van der Waals surface area contributed by atoms with Crippen molar-refractivity contribution in [2.75, 3.05) is 6.54 Å². The van der Waals surface area contributed by atoms with E-state index in [1.165, 1.54) is 44.2 Å². The molecule has 16 nitrogen and oxygen atoms in total. The van der Waals surface area contributed by atoms with Crippen LogP contribution in [0.2, 0.25) is 0 Å². The molecule has 0 saturated heterocycles. The number of esters is 2. The fourth-order valence-electron chi connectivity index (χ4n) is 7.93. The molecule has 0 saturated carbocycles. The van der Waals surface area contributed by atoms with Crippen LogP contribution in [0.5, 0.6) is 5.75 Å². The van der Waals surface area contributed by atoms with Gasteiger partial charge in [0.2, 0.25) is 5.75 Å². The van der Waals surface area contributed by atoms with E-state index in [0.29, 0.717) is 44.9 Å². The fourth-order valence-corrected chi connectivity index (χ4v) is 8.73. The van der Waals surface area contributed by atoms with E-state index in [4.69, 9.17) is 18.9 Å². The average Bonchev–Trinajstić information content (AvgIpc) is 3.80. The summed E-state index contributed by atoms with van der Waals surface area (Å²) in [5.41, 5.74) is 0.764. The molecule has 0 unspecified atom stereocenters. The van der Waals surface area contributed by atoms with Crippen molar-refractivity contribution < 1.29 is 57.7 Å². The number of hydrogen-bond acceptors (Lipinski definition) is 15. The molecular formula is C48H57N3O13S. The summed E-state index contributed by atoms with van der Waals surface area (Å²) in [6.45, 7) is 12.4. The molecule has 0 spiro atoms. The van der Waals surface area contributed by atoms with Gasteiger partial charge in [0.05, 0.1) is 44.0 Å². The smallest absolute Gasteiger partial charge is 0.457 e. The number of ether oxygens (including phenoxy) is 4. The van der Waals surface area contributed by atoms with E-state index in [-0.39, 0.29) is 48.4 Å². The van der Waals surface area contributed by atoms with Gasteiger partial charge in [-0.05, 0) is 87.6 Å². The zero-order chi connectivity index (χ0) is 47.4. The van der Waals surface area contributed by atoms with Crippen molar-refractivity contribution in [1.29, 1.82) is 0 Å². The van der Waals surface area contributed by atoms with Gasteiger partial charge in [-0.1, -0.05) is 57.0 Å². The lowest BCUT2D eigenvalue weighted by Crippen LogP contribution is -2.47. The Kier molecular flexibility index (Phi) is 17.4. The van der Waals surface area contributed by atoms with Crippen molar-refractivity contribution in [2.24, 2.45) is 17.3 Å². The maximum Gasteiger partial charge on any atom is 0.508 e. The van der Waals surface area contributed by atoms with Crippen LogP contribution in [0, 0.1) is 34.3 Å². The van der Waals surface area contributed by atoms with E-state index >= 15 is 0 Å². The molecule has 17 heteroatoms. The molecule has 1 N–H and O–H groups in total. The van der Waals surface area contributed by atoms with Gasteiger partial charge in [-0.3, -0.25) is 39.0 Å². The standard InChI is InChI=1S/C48H57N3O13S/c1-7-12-34-45(64-47(58)61-28-32-17-20-38(36(25-32)51(59)60)63-43(55)15-9-8-10-24-50-41(53)22-23-42(50)54)30(3)14-11-13-29(2)16-19-37(33-18-21-39-35(26-33)49-31(4)65-39)62-44(56)27-40(52)48(5,6)46(34)57/h7,16-18,20-23,25-26,30,34,37,40,45,52H,1,8-15,19,24,27-28H2,2-6H3/b29-16-/t30-,34+,37-,40-,45-/m0/s1. The lowest BCUT2D eigenvalue weighted by atomic mass is 9.71. The number of amides is 2. The number of nitrogens with zero attached hydrogens (tertiary/aromatic N) is 3. The van der Waals surface area contributed by atoms with E-state index in [1.54, 1.807) is 11.3 Å². The first-order chi connectivity index (χ1) is 30.9. The minimum absolute atomic E-state index is 0.0614. The van der Waals surface area contributed by atoms with Gasteiger partial charge in [-0.2, -0.15) is 0 Å². The van der Waals surface area contributed by atoms with Gasteiger partial charge in [0, 0.05) is 37.6 Å². The second-order valence-corrected chi connectivity index (χ2v) is 18.4. The number of imide groups is 1. The van der Waals surface area contributed by atoms with Crippen molar-refractivity contribution in [3.8, 4) is 5.75 Å². The first-order valence-electron chi connectivity index (χ1n) is 21.8. The third-order valence-electron chi connectivity index (χ3n) is 11.8. The summed E-state index contributed by atoms with van der Waals surface area (Å²) < 4.78 is 23.7. The summed E-state index contributed by atoms with van der Waals surface area (Å²) >= 11 is 1.57. The maximum absolute atomic E-state index is 14.5. The van der Waals surface area contributed by atoms with E-state index in [1.807, 2.05) is 45.0 Å². The Labute approximate surface area is 381 Å². The van der Waals surface area contributed by atoms with Gasteiger partial charge < -0.3 is 24.1 Å². The number of hydrogen-bond donors (Lipinski definition) is 1. The molecule has 0 radical (unpaired) electrons. The van der Waals surface area contributed by atoms with Gasteiger partial charge in [-0.25, -0.2) is 9.78 Å². The van der Waals surface area contributed by atoms with Crippen molar-refractivity contribution >= 4 is 62.9 Å². The van der Waals surface area contributed by atoms with Crippen LogP contribution < -0.4 is 4.74 Å².